The highest BCUT2D eigenvalue weighted by Gasteiger charge is 2.22. The minimum absolute atomic E-state index is 0.167. The van der Waals surface area contributed by atoms with Crippen molar-refractivity contribution in [2.45, 2.75) is 33.2 Å². The first kappa shape index (κ1) is 20.6. The maximum Gasteiger partial charge on any atom is 0.240 e. The Bertz CT molecular complexity index is 777. The quantitative estimate of drug-likeness (QED) is 0.762. The van der Waals surface area contributed by atoms with E-state index in [9.17, 15) is 4.79 Å². The van der Waals surface area contributed by atoms with E-state index in [2.05, 4.69) is 60.9 Å². The third kappa shape index (κ3) is 5.21. The molecule has 1 fully saturated rings. The minimum Gasteiger partial charge on any atom is -0.314 e. The van der Waals surface area contributed by atoms with Crippen molar-refractivity contribution in [3.8, 4) is 0 Å². The lowest BCUT2D eigenvalue weighted by Crippen LogP contribution is -2.49. The molecule has 28 heavy (non-hydrogen) atoms. The lowest BCUT2D eigenvalue weighted by atomic mass is 10.0. The molecule has 0 radical (unpaired) electrons. The molecule has 0 aliphatic carbocycles. The van der Waals surface area contributed by atoms with Crippen LogP contribution in [0.3, 0.4) is 0 Å². The predicted molar refractivity (Wildman–Crippen MR) is 117 cm³/mol. The molecule has 1 heterocycles. The third-order valence-electron chi connectivity index (χ3n) is 5.64. The van der Waals surface area contributed by atoms with Gasteiger partial charge in [0.15, 0.2) is 0 Å². The lowest BCUT2D eigenvalue weighted by Gasteiger charge is -2.35. The number of carbonyl (C=O) groups is 1. The molecule has 1 aliphatic heterocycles. The number of rotatable bonds is 6. The average Bonchev–Trinajstić information content (AvgIpc) is 2.70. The molecule has 0 N–H and O–H groups in total. The molecular formula is C24H33N3O. The topological polar surface area (TPSA) is 26.8 Å². The van der Waals surface area contributed by atoms with Gasteiger partial charge in [-0.1, -0.05) is 61.9 Å². The van der Waals surface area contributed by atoms with Gasteiger partial charge in [-0.3, -0.25) is 14.6 Å². The van der Waals surface area contributed by atoms with Crippen LogP contribution in [0, 0.1) is 6.92 Å². The van der Waals surface area contributed by atoms with Gasteiger partial charge in [0.25, 0.3) is 0 Å². The van der Waals surface area contributed by atoms with Crippen molar-refractivity contribution in [2.75, 3.05) is 44.7 Å². The van der Waals surface area contributed by atoms with Crippen LogP contribution in [0.4, 0.5) is 5.69 Å². The van der Waals surface area contributed by atoms with Gasteiger partial charge in [-0.2, -0.15) is 0 Å². The van der Waals surface area contributed by atoms with E-state index in [1.165, 1.54) is 16.7 Å². The summed E-state index contributed by atoms with van der Waals surface area (Å²) in [5.74, 6) is 0.567. The number of hydrogen-bond acceptors (Lipinski definition) is 3. The molecule has 0 bridgehead atoms. The molecule has 1 aliphatic rings. The zero-order valence-electron chi connectivity index (χ0n) is 17.7. The first-order chi connectivity index (χ1) is 13.4. The van der Waals surface area contributed by atoms with Crippen LogP contribution < -0.4 is 4.90 Å². The third-order valence-corrected chi connectivity index (χ3v) is 5.64. The monoisotopic (exact) mass is 379 g/mol. The fourth-order valence-corrected chi connectivity index (χ4v) is 3.77. The van der Waals surface area contributed by atoms with E-state index < -0.39 is 0 Å². The predicted octanol–water partition coefficient (Wildman–Crippen LogP) is 3.90. The fraction of sp³-hybridized carbons (Fsp3) is 0.458. The molecule has 3 rings (SSSR count). The molecule has 0 spiro atoms. The van der Waals surface area contributed by atoms with Gasteiger partial charge in [-0.15, -0.1) is 0 Å². The van der Waals surface area contributed by atoms with Crippen LogP contribution in [-0.4, -0.2) is 55.5 Å². The summed E-state index contributed by atoms with van der Waals surface area (Å²) >= 11 is 0. The van der Waals surface area contributed by atoms with Gasteiger partial charge in [0, 0.05) is 45.5 Å². The van der Waals surface area contributed by atoms with Crippen molar-refractivity contribution in [2.24, 2.45) is 0 Å². The smallest absolute Gasteiger partial charge is 0.240 e. The van der Waals surface area contributed by atoms with E-state index in [1.807, 2.05) is 30.1 Å². The van der Waals surface area contributed by atoms with Crippen LogP contribution >= 0.6 is 0 Å². The summed E-state index contributed by atoms with van der Waals surface area (Å²) in [5, 5.41) is 0. The number of benzene rings is 2. The normalized spacial score (nSPS) is 15.8. The van der Waals surface area contributed by atoms with Gasteiger partial charge in [-0.05, 0) is 30.0 Å². The highest BCUT2D eigenvalue weighted by atomic mass is 16.2. The van der Waals surface area contributed by atoms with Gasteiger partial charge in [0.05, 0.1) is 6.54 Å². The molecule has 1 saturated heterocycles. The van der Waals surface area contributed by atoms with Gasteiger partial charge in [-0.25, -0.2) is 0 Å². The number of nitrogens with zero attached hydrogens (tertiary/aromatic N) is 3. The SMILES string of the molecule is Cc1ccc(CN2CCN(CC(=O)N(C)c3ccccc3C(C)C)CC2)cc1. The zero-order valence-corrected chi connectivity index (χ0v) is 17.7. The van der Waals surface area contributed by atoms with Crippen LogP contribution in [0.2, 0.25) is 0 Å². The summed E-state index contributed by atoms with van der Waals surface area (Å²) in [4.78, 5) is 19.4. The first-order valence-corrected chi connectivity index (χ1v) is 10.3. The Morgan fingerprint density at radius 1 is 0.964 bits per heavy atom. The summed E-state index contributed by atoms with van der Waals surface area (Å²) in [6.45, 7) is 11.8. The van der Waals surface area contributed by atoms with Crippen molar-refractivity contribution in [3.63, 3.8) is 0 Å². The molecule has 0 aromatic heterocycles. The second kappa shape index (κ2) is 9.35. The van der Waals surface area contributed by atoms with Crippen LogP contribution in [-0.2, 0) is 11.3 Å². The summed E-state index contributed by atoms with van der Waals surface area (Å²) in [5.41, 5.74) is 4.91. The Labute approximate surface area is 169 Å². The molecule has 0 unspecified atom stereocenters. The maximum absolute atomic E-state index is 12.9. The maximum atomic E-state index is 12.9. The minimum atomic E-state index is 0.167. The van der Waals surface area contributed by atoms with Gasteiger partial charge < -0.3 is 4.90 Å². The fourth-order valence-electron chi connectivity index (χ4n) is 3.77. The van der Waals surface area contributed by atoms with Gasteiger partial charge in [0.1, 0.15) is 0 Å². The number of para-hydroxylation sites is 1. The molecular weight excluding hydrogens is 346 g/mol. The summed E-state index contributed by atoms with van der Waals surface area (Å²) in [6.07, 6.45) is 0. The van der Waals surface area contributed by atoms with Crippen molar-refractivity contribution in [1.82, 2.24) is 9.80 Å². The number of carbonyl (C=O) groups excluding carboxylic acids is 1. The highest BCUT2D eigenvalue weighted by Crippen LogP contribution is 2.26. The largest absolute Gasteiger partial charge is 0.314 e. The van der Waals surface area contributed by atoms with Crippen molar-refractivity contribution >= 4 is 11.6 Å². The zero-order chi connectivity index (χ0) is 20.1. The summed E-state index contributed by atoms with van der Waals surface area (Å²) < 4.78 is 0. The number of anilines is 1. The van der Waals surface area contributed by atoms with E-state index in [0.717, 1.165) is 38.4 Å². The number of amides is 1. The Morgan fingerprint density at radius 3 is 2.21 bits per heavy atom. The molecule has 4 heteroatoms. The molecule has 2 aromatic carbocycles. The van der Waals surface area contributed by atoms with Crippen LogP contribution in [0.15, 0.2) is 48.5 Å². The van der Waals surface area contributed by atoms with Gasteiger partial charge in [0.2, 0.25) is 5.91 Å². The van der Waals surface area contributed by atoms with E-state index in [0.29, 0.717) is 12.5 Å². The molecule has 0 saturated carbocycles. The highest BCUT2D eigenvalue weighted by molar-refractivity contribution is 5.95. The van der Waals surface area contributed by atoms with Crippen molar-refractivity contribution in [3.05, 3.63) is 65.2 Å². The Morgan fingerprint density at radius 2 is 1.57 bits per heavy atom. The number of likely N-dealkylation sites (N-methyl/N-ethyl adjacent to an activating group) is 1. The van der Waals surface area contributed by atoms with Crippen molar-refractivity contribution in [1.29, 1.82) is 0 Å². The molecule has 150 valence electrons. The lowest BCUT2D eigenvalue weighted by molar-refractivity contribution is -0.119. The number of piperazine rings is 1. The Hall–Kier alpha value is -2.17. The van der Waals surface area contributed by atoms with E-state index in [-0.39, 0.29) is 5.91 Å². The van der Waals surface area contributed by atoms with Crippen LogP contribution in [0.25, 0.3) is 0 Å². The second-order valence-electron chi connectivity index (χ2n) is 8.20. The van der Waals surface area contributed by atoms with E-state index in [1.54, 1.807) is 0 Å². The van der Waals surface area contributed by atoms with Gasteiger partial charge >= 0.3 is 0 Å². The first-order valence-electron chi connectivity index (χ1n) is 10.3. The second-order valence-corrected chi connectivity index (χ2v) is 8.20. The Balaban J connectivity index is 1.51. The Kier molecular flexibility index (Phi) is 6.87. The van der Waals surface area contributed by atoms with Crippen molar-refractivity contribution < 1.29 is 4.79 Å². The summed E-state index contributed by atoms with van der Waals surface area (Å²) in [6, 6.07) is 17.0. The molecule has 4 nitrogen and oxygen atoms in total. The van der Waals surface area contributed by atoms with E-state index in [4.69, 9.17) is 0 Å². The van der Waals surface area contributed by atoms with Crippen LogP contribution in [0.5, 0.6) is 0 Å². The molecule has 0 atom stereocenters. The average molecular weight is 380 g/mol. The number of hydrogen-bond donors (Lipinski definition) is 0. The molecule has 2 aromatic rings. The van der Waals surface area contributed by atoms with Crippen LogP contribution in [0.1, 0.15) is 36.5 Å². The number of aryl methyl sites for hydroxylation is 1. The standard InChI is InChI=1S/C24H33N3O/c1-19(2)22-7-5-6-8-23(22)25(4)24(28)18-27-15-13-26(14-16-27)17-21-11-9-20(3)10-12-21/h5-12,19H,13-18H2,1-4H3. The summed E-state index contributed by atoms with van der Waals surface area (Å²) in [7, 11) is 1.90. The molecule has 1 amide bonds. The van der Waals surface area contributed by atoms with E-state index >= 15 is 0 Å².